The molecule has 0 aromatic heterocycles. The predicted molar refractivity (Wildman–Crippen MR) is 51.0 cm³/mol. The Morgan fingerprint density at radius 2 is 2.19 bits per heavy atom. The molecule has 0 amide bonds. The third kappa shape index (κ3) is 2.17. The average molecular weight is 236 g/mol. The summed E-state index contributed by atoms with van der Waals surface area (Å²) in [4.78, 5) is 14.0. The molecule has 1 aliphatic heterocycles. The van der Waals surface area contributed by atoms with Gasteiger partial charge in [-0.1, -0.05) is 6.92 Å². The van der Waals surface area contributed by atoms with Gasteiger partial charge in [0.1, 0.15) is 5.71 Å². The number of nitrogens with zero attached hydrogens (tertiary/aromatic N) is 1. The Bertz CT molecular complexity index is 373. The van der Waals surface area contributed by atoms with E-state index in [0.29, 0.717) is 0 Å². The smallest absolute Gasteiger partial charge is 0.433 e. The lowest BCUT2D eigenvalue weighted by atomic mass is 10.0. The van der Waals surface area contributed by atoms with E-state index in [-0.39, 0.29) is 12.0 Å². The Hall–Kier alpha value is -1.53. The first-order valence-corrected chi connectivity index (χ1v) is 4.58. The largest absolute Gasteiger partial charge is 0.478 e. The van der Waals surface area contributed by atoms with Crippen LogP contribution in [0.25, 0.3) is 0 Å². The van der Waals surface area contributed by atoms with Gasteiger partial charge in [-0.15, -0.1) is 0 Å². The lowest BCUT2D eigenvalue weighted by Gasteiger charge is -2.28. The van der Waals surface area contributed by atoms with Gasteiger partial charge in [-0.25, -0.2) is 9.79 Å². The van der Waals surface area contributed by atoms with Gasteiger partial charge < -0.3 is 10.4 Å². The highest BCUT2D eigenvalue weighted by Crippen LogP contribution is 2.28. The molecule has 16 heavy (non-hydrogen) atoms. The summed E-state index contributed by atoms with van der Waals surface area (Å²) in [6.45, 7) is 2.61. The molecule has 0 spiro atoms. The standard InChI is InChI=1S/C9H11F3N2O2/c1-3-5-4-13-8(2,7(15)16)14-6(5)9(10,11)12/h4,13H,3H2,1-2H3,(H,15,16). The summed E-state index contributed by atoms with van der Waals surface area (Å²) in [5, 5.41) is 11.1. The van der Waals surface area contributed by atoms with Crippen molar-refractivity contribution in [2.45, 2.75) is 32.1 Å². The van der Waals surface area contributed by atoms with E-state index in [1.54, 1.807) is 0 Å². The van der Waals surface area contributed by atoms with Crippen LogP contribution in [0, 0.1) is 0 Å². The molecular weight excluding hydrogens is 225 g/mol. The molecule has 0 saturated carbocycles. The number of hydrogen-bond acceptors (Lipinski definition) is 3. The van der Waals surface area contributed by atoms with Crippen LogP contribution < -0.4 is 5.32 Å². The zero-order valence-corrected chi connectivity index (χ0v) is 8.72. The SMILES string of the molecule is CCC1=CNC(C)(C(=O)O)N=C1C(F)(F)F. The van der Waals surface area contributed by atoms with Gasteiger partial charge >= 0.3 is 12.1 Å². The van der Waals surface area contributed by atoms with Gasteiger partial charge in [-0.3, -0.25) is 0 Å². The second-order valence-corrected chi connectivity index (χ2v) is 3.50. The summed E-state index contributed by atoms with van der Waals surface area (Å²) in [5.41, 5.74) is -3.13. The van der Waals surface area contributed by atoms with Gasteiger partial charge in [0.05, 0.1) is 0 Å². The van der Waals surface area contributed by atoms with Crippen molar-refractivity contribution in [2.75, 3.05) is 0 Å². The highest BCUT2D eigenvalue weighted by molar-refractivity contribution is 6.06. The molecule has 0 aliphatic carbocycles. The molecule has 0 fully saturated rings. The van der Waals surface area contributed by atoms with Gasteiger partial charge in [0.25, 0.3) is 0 Å². The Morgan fingerprint density at radius 1 is 1.62 bits per heavy atom. The van der Waals surface area contributed by atoms with Crippen LogP contribution in [0.3, 0.4) is 0 Å². The Morgan fingerprint density at radius 3 is 2.56 bits per heavy atom. The number of nitrogens with one attached hydrogen (secondary N) is 1. The normalized spacial score (nSPS) is 25.6. The fraction of sp³-hybridized carbons (Fsp3) is 0.556. The van der Waals surface area contributed by atoms with Crippen molar-refractivity contribution in [1.82, 2.24) is 5.32 Å². The predicted octanol–water partition coefficient (Wildman–Crippen LogP) is 1.69. The Kier molecular flexibility index (Phi) is 2.98. The van der Waals surface area contributed by atoms with Crippen molar-refractivity contribution in [2.24, 2.45) is 4.99 Å². The maximum atomic E-state index is 12.6. The molecule has 7 heteroatoms. The third-order valence-electron chi connectivity index (χ3n) is 2.23. The minimum Gasteiger partial charge on any atom is -0.478 e. The van der Waals surface area contributed by atoms with E-state index in [1.165, 1.54) is 6.92 Å². The number of aliphatic carboxylic acids is 1. The number of halogens is 3. The molecular formula is C9H11F3N2O2. The van der Waals surface area contributed by atoms with E-state index in [4.69, 9.17) is 5.11 Å². The maximum absolute atomic E-state index is 12.6. The number of carboxylic acid groups (broad SMARTS) is 1. The van der Waals surface area contributed by atoms with E-state index < -0.39 is 23.5 Å². The number of carboxylic acids is 1. The summed E-state index contributed by atoms with van der Waals surface area (Å²) < 4.78 is 37.8. The number of rotatable bonds is 2. The molecule has 1 aliphatic rings. The molecule has 1 unspecified atom stereocenters. The molecule has 4 nitrogen and oxygen atoms in total. The summed E-state index contributed by atoms with van der Waals surface area (Å²) in [5.74, 6) is -1.46. The highest BCUT2D eigenvalue weighted by Gasteiger charge is 2.44. The number of carbonyl (C=O) groups is 1. The lowest BCUT2D eigenvalue weighted by molar-refractivity contribution is -0.143. The van der Waals surface area contributed by atoms with Gasteiger partial charge in [0.2, 0.25) is 5.66 Å². The quantitative estimate of drug-likeness (QED) is 0.766. The first-order chi connectivity index (χ1) is 7.20. The Balaban J connectivity index is 3.20. The summed E-state index contributed by atoms with van der Waals surface area (Å²) in [6.07, 6.45) is -3.45. The van der Waals surface area contributed by atoms with Crippen molar-refractivity contribution in [3.8, 4) is 0 Å². The maximum Gasteiger partial charge on any atom is 0.433 e. The molecule has 1 atom stereocenters. The first-order valence-electron chi connectivity index (χ1n) is 4.58. The topological polar surface area (TPSA) is 61.7 Å². The minimum absolute atomic E-state index is 0.0498. The molecule has 1 heterocycles. The van der Waals surface area contributed by atoms with Gasteiger partial charge in [0.15, 0.2) is 0 Å². The minimum atomic E-state index is -4.64. The van der Waals surface area contributed by atoms with E-state index in [2.05, 4.69) is 10.3 Å². The zero-order valence-electron chi connectivity index (χ0n) is 8.72. The molecule has 90 valence electrons. The van der Waals surface area contributed by atoms with Gasteiger partial charge in [-0.05, 0) is 18.9 Å². The van der Waals surface area contributed by atoms with E-state index in [1.807, 2.05) is 0 Å². The fourth-order valence-electron chi connectivity index (χ4n) is 1.25. The van der Waals surface area contributed by atoms with Crippen LogP contribution in [0.2, 0.25) is 0 Å². The molecule has 0 aromatic rings. The van der Waals surface area contributed by atoms with Crippen LogP contribution >= 0.6 is 0 Å². The molecule has 0 saturated heterocycles. The van der Waals surface area contributed by atoms with Crippen LogP contribution in [0.1, 0.15) is 20.3 Å². The summed E-state index contributed by atoms with van der Waals surface area (Å²) in [6, 6.07) is 0. The van der Waals surface area contributed by atoms with Crippen molar-refractivity contribution in [3.05, 3.63) is 11.8 Å². The summed E-state index contributed by atoms with van der Waals surface area (Å²) >= 11 is 0. The molecule has 0 aromatic carbocycles. The van der Waals surface area contributed by atoms with E-state index >= 15 is 0 Å². The third-order valence-corrected chi connectivity index (χ3v) is 2.23. The van der Waals surface area contributed by atoms with Crippen LogP contribution in [0.5, 0.6) is 0 Å². The van der Waals surface area contributed by atoms with Crippen molar-refractivity contribution < 1.29 is 23.1 Å². The van der Waals surface area contributed by atoms with Crippen LogP contribution in [0.4, 0.5) is 13.2 Å². The van der Waals surface area contributed by atoms with Crippen molar-refractivity contribution >= 4 is 11.7 Å². The van der Waals surface area contributed by atoms with E-state index in [0.717, 1.165) is 13.1 Å². The van der Waals surface area contributed by atoms with Crippen LogP contribution in [-0.2, 0) is 4.79 Å². The van der Waals surface area contributed by atoms with Gasteiger partial charge in [0, 0.05) is 6.20 Å². The van der Waals surface area contributed by atoms with Gasteiger partial charge in [-0.2, -0.15) is 13.2 Å². The fourth-order valence-corrected chi connectivity index (χ4v) is 1.25. The first kappa shape index (κ1) is 12.5. The monoisotopic (exact) mass is 236 g/mol. The van der Waals surface area contributed by atoms with E-state index in [9.17, 15) is 18.0 Å². The molecule has 1 rings (SSSR count). The lowest BCUT2D eigenvalue weighted by Crippen LogP contribution is -2.50. The molecule has 0 bridgehead atoms. The Labute approximate surface area is 89.9 Å². The van der Waals surface area contributed by atoms with Crippen molar-refractivity contribution in [3.63, 3.8) is 0 Å². The number of aliphatic imine (C=N–C) groups is 1. The van der Waals surface area contributed by atoms with Crippen LogP contribution in [0.15, 0.2) is 16.8 Å². The molecule has 0 radical (unpaired) electrons. The average Bonchev–Trinajstić information content (AvgIpc) is 2.16. The zero-order chi connectivity index (χ0) is 12.6. The van der Waals surface area contributed by atoms with Crippen molar-refractivity contribution in [1.29, 1.82) is 0 Å². The number of hydrogen-bond donors (Lipinski definition) is 2. The number of allylic oxidation sites excluding steroid dienone is 1. The summed E-state index contributed by atoms with van der Waals surface area (Å²) in [7, 11) is 0. The second kappa shape index (κ2) is 3.80. The molecule has 2 N–H and O–H groups in total. The second-order valence-electron chi connectivity index (χ2n) is 3.50. The number of alkyl halides is 3. The van der Waals surface area contributed by atoms with Crippen LogP contribution in [-0.4, -0.2) is 28.6 Å². The highest BCUT2D eigenvalue weighted by atomic mass is 19.4.